The molecule has 2 aliphatic heterocycles. The molecule has 1 amide bonds. The summed E-state index contributed by atoms with van der Waals surface area (Å²) in [5.74, 6) is 1.20. The number of fused-ring (bicyclic) bond motifs is 1. The maximum Gasteiger partial charge on any atom is 0.226 e. The van der Waals surface area contributed by atoms with Gasteiger partial charge in [-0.15, -0.1) is 0 Å². The number of ether oxygens (including phenoxy) is 3. The molecule has 2 aliphatic rings. The van der Waals surface area contributed by atoms with Crippen LogP contribution in [0.5, 0.6) is 11.5 Å². The average molecular weight is 337 g/mol. The minimum absolute atomic E-state index is 0.0808. The van der Waals surface area contributed by atoms with Crippen LogP contribution in [0.15, 0.2) is 18.2 Å². The Labute approximate surface area is 141 Å². The molecule has 0 saturated carbocycles. The number of hydrogen-bond acceptors (Lipinski definition) is 4. The van der Waals surface area contributed by atoms with Gasteiger partial charge < -0.3 is 19.5 Å². The molecule has 0 bridgehead atoms. The van der Waals surface area contributed by atoms with Crippen molar-refractivity contribution in [2.24, 2.45) is 11.3 Å². The van der Waals surface area contributed by atoms with E-state index in [0.717, 1.165) is 17.1 Å². The highest BCUT2D eigenvalue weighted by Crippen LogP contribution is 2.32. The van der Waals surface area contributed by atoms with Crippen molar-refractivity contribution in [1.29, 1.82) is 0 Å². The van der Waals surface area contributed by atoms with Crippen LogP contribution in [-0.2, 0) is 16.0 Å². The van der Waals surface area contributed by atoms with Crippen molar-refractivity contribution in [3.8, 4) is 11.5 Å². The molecular formula is C18H24FNO4. The maximum atomic E-state index is 13.5. The van der Waals surface area contributed by atoms with Crippen molar-refractivity contribution in [1.82, 2.24) is 5.32 Å². The summed E-state index contributed by atoms with van der Waals surface area (Å²) in [6.07, 6.45) is 1.89. The van der Waals surface area contributed by atoms with Gasteiger partial charge in [0.25, 0.3) is 0 Å². The van der Waals surface area contributed by atoms with Gasteiger partial charge in [0, 0.05) is 25.2 Å². The lowest BCUT2D eigenvalue weighted by molar-refractivity contribution is -0.127. The quantitative estimate of drug-likeness (QED) is 0.894. The smallest absolute Gasteiger partial charge is 0.226 e. The van der Waals surface area contributed by atoms with E-state index in [1.165, 1.54) is 0 Å². The fourth-order valence-electron chi connectivity index (χ4n) is 3.25. The second-order valence-electron chi connectivity index (χ2n) is 6.65. The number of hydrogen-bond donors (Lipinski definition) is 1. The number of methoxy groups -OCH3 is 1. The van der Waals surface area contributed by atoms with Gasteiger partial charge in [0.15, 0.2) is 0 Å². The zero-order valence-electron chi connectivity index (χ0n) is 14.0. The number of carbonyl (C=O) groups is 1. The van der Waals surface area contributed by atoms with Crippen molar-refractivity contribution in [3.63, 3.8) is 0 Å². The number of benzene rings is 1. The molecule has 0 aromatic heterocycles. The second-order valence-corrected chi connectivity index (χ2v) is 6.65. The summed E-state index contributed by atoms with van der Waals surface area (Å²) < 4.78 is 29.7. The molecule has 1 atom stereocenters. The minimum Gasteiger partial charge on any atom is -0.497 e. The van der Waals surface area contributed by atoms with Crippen LogP contribution in [0.3, 0.4) is 0 Å². The topological polar surface area (TPSA) is 56.8 Å². The van der Waals surface area contributed by atoms with Gasteiger partial charge in [-0.05, 0) is 43.0 Å². The summed E-state index contributed by atoms with van der Waals surface area (Å²) in [6.45, 7) is 1.38. The Morgan fingerprint density at radius 1 is 1.42 bits per heavy atom. The standard InChI is InChI=1S/C18H24FNO4/c1-22-15-2-3-16-13(9-15)8-14(10-24-16)17(21)20-12-18(11-19)4-6-23-7-5-18/h2-3,9,14H,4-8,10-12H2,1H3,(H,20,21). The van der Waals surface area contributed by atoms with Gasteiger partial charge in [0.1, 0.15) is 18.1 Å². The third-order valence-electron chi connectivity index (χ3n) is 5.02. The van der Waals surface area contributed by atoms with E-state index >= 15 is 0 Å². The lowest BCUT2D eigenvalue weighted by Crippen LogP contribution is -2.46. The molecule has 1 aromatic carbocycles. The predicted molar refractivity (Wildman–Crippen MR) is 87.2 cm³/mol. The van der Waals surface area contributed by atoms with Gasteiger partial charge in [-0.25, -0.2) is 0 Å². The number of alkyl halides is 1. The first kappa shape index (κ1) is 17.0. The molecule has 1 aromatic rings. The van der Waals surface area contributed by atoms with E-state index in [2.05, 4.69) is 5.32 Å². The molecular weight excluding hydrogens is 313 g/mol. The fourth-order valence-corrected chi connectivity index (χ4v) is 3.25. The second kappa shape index (κ2) is 7.38. The van der Waals surface area contributed by atoms with Gasteiger partial charge in [-0.1, -0.05) is 0 Å². The molecule has 2 heterocycles. The van der Waals surface area contributed by atoms with E-state index in [0.29, 0.717) is 45.6 Å². The van der Waals surface area contributed by atoms with Crippen LogP contribution in [0.1, 0.15) is 18.4 Å². The van der Waals surface area contributed by atoms with E-state index in [1.807, 2.05) is 18.2 Å². The summed E-state index contributed by atoms with van der Waals surface area (Å²) in [4.78, 5) is 12.5. The third kappa shape index (κ3) is 3.64. The molecule has 0 radical (unpaired) electrons. The predicted octanol–water partition coefficient (Wildman–Crippen LogP) is 2.13. The molecule has 5 nitrogen and oxygen atoms in total. The number of amides is 1. The fraction of sp³-hybridized carbons (Fsp3) is 0.611. The van der Waals surface area contributed by atoms with Gasteiger partial charge in [0.05, 0.1) is 19.7 Å². The van der Waals surface area contributed by atoms with Crippen LogP contribution in [0.2, 0.25) is 0 Å². The van der Waals surface area contributed by atoms with Crippen molar-refractivity contribution >= 4 is 5.91 Å². The first-order chi connectivity index (χ1) is 11.7. The molecule has 0 spiro atoms. The van der Waals surface area contributed by atoms with Crippen molar-refractivity contribution < 1.29 is 23.4 Å². The third-order valence-corrected chi connectivity index (χ3v) is 5.02. The first-order valence-electron chi connectivity index (χ1n) is 8.37. The van der Waals surface area contributed by atoms with E-state index in [9.17, 15) is 9.18 Å². The molecule has 0 aliphatic carbocycles. The Morgan fingerprint density at radius 3 is 2.92 bits per heavy atom. The molecule has 24 heavy (non-hydrogen) atoms. The number of rotatable bonds is 5. The summed E-state index contributed by atoms with van der Waals surface area (Å²) in [5.41, 5.74) is 0.483. The Balaban J connectivity index is 1.59. The summed E-state index contributed by atoms with van der Waals surface area (Å²) >= 11 is 0. The Bertz CT molecular complexity index is 586. The molecule has 6 heteroatoms. The normalized spacial score (nSPS) is 22.2. The van der Waals surface area contributed by atoms with Gasteiger partial charge in [-0.3, -0.25) is 9.18 Å². The van der Waals surface area contributed by atoms with Gasteiger partial charge in [0.2, 0.25) is 5.91 Å². The molecule has 1 fully saturated rings. The van der Waals surface area contributed by atoms with Crippen molar-refractivity contribution in [3.05, 3.63) is 23.8 Å². The zero-order valence-corrected chi connectivity index (χ0v) is 14.0. The number of halogens is 1. The van der Waals surface area contributed by atoms with Crippen molar-refractivity contribution in [2.75, 3.05) is 40.1 Å². The van der Waals surface area contributed by atoms with E-state index in [4.69, 9.17) is 14.2 Å². The van der Waals surface area contributed by atoms with Gasteiger partial charge in [-0.2, -0.15) is 0 Å². The molecule has 1 N–H and O–H groups in total. The van der Waals surface area contributed by atoms with Crippen molar-refractivity contribution in [2.45, 2.75) is 19.3 Å². The minimum atomic E-state index is -0.482. The Morgan fingerprint density at radius 2 is 2.21 bits per heavy atom. The molecule has 1 unspecified atom stereocenters. The number of carbonyl (C=O) groups excluding carboxylic acids is 1. The lowest BCUT2D eigenvalue weighted by atomic mass is 9.81. The lowest BCUT2D eigenvalue weighted by Gasteiger charge is -2.35. The van der Waals surface area contributed by atoms with E-state index < -0.39 is 12.1 Å². The maximum absolute atomic E-state index is 13.5. The highest BCUT2D eigenvalue weighted by atomic mass is 19.1. The van der Waals surface area contributed by atoms with Crippen LogP contribution in [0, 0.1) is 11.3 Å². The van der Waals surface area contributed by atoms with Crippen LogP contribution in [0.4, 0.5) is 4.39 Å². The van der Waals surface area contributed by atoms with Crippen LogP contribution < -0.4 is 14.8 Å². The molecule has 1 saturated heterocycles. The highest BCUT2D eigenvalue weighted by Gasteiger charge is 2.34. The molecule has 3 rings (SSSR count). The van der Waals surface area contributed by atoms with E-state index in [1.54, 1.807) is 7.11 Å². The average Bonchev–Trinajstić information content (AvgIpc) is 2.66. The Kier molecular flexibility index (Phi) is 5.23. The van der Waals surface area contributed by atoms with Crippen LogP contribution in [-0.4, -0.2) is 46.1 Å². The largest absolute Gasteiger partial charge is 0.497 e. The summed E-state index contributed by atoms with van der Waals surface area (Å²) in [6, 6.07) is 5.61. The van der Waals surface area contributed by atoms with E-state index in [-0.39, 0.29) is 11.8 Å². The summed E-state index contributed by atoms with van der Waals surface area (Å²) in [7, 11) is 1.61. The molecule has 132 valence electrons. The first-order valence-corrected chi connectivity index (χ1v) is 8.37. The zero-order chi connectivity index (χ0) is 17.0. The summed E-state index contributed by atoms with van der Waals surface area (Å²) in [5, 5.41) is 2.93. The van der Waals surface area contributed by atoms with Crippen LogP contribution in [0.25, 0.3) is 0 Å². The van der Waals surface area contributed by atoms with Gasteiger partial charge >= 0.3 is 0 Å². The van der Waals surface area contributed by atoms with Crippen LogP contribution >= 0.6 is 0 Å². The number of nitrogens with one attached hydrogen (secondary N) is 1. The monoisotopic (exact) mass is 337 g/mol. The highest BCUT2D eigenvalue weighted by molar-refractivity contribution is 5.79. The Hall–Kier alpha value is -1.82. The SMILES string of the molecule is COc1ccc2c(c1)CC(C(=O)NCC1(CF)CCOCC1)CO2.